The van der Waals surface area contributed by atoms with Crippen molar-refractivity contribution in [3.8, 4) is 6.07 Å². The summed E-state index contributed by atoms with van der Waals surface area (Å²) in [5.74, 6) is 0. The zero-order valence-corrected chi connectivity index (χ0v) is 12.2. The molecule has 0 aliphatic heterocycles. The highest BCUT2D eigenvalue weighted by molar-refractivity contribution is 4.91. The van der Waals surface area contributed by atoms with E-state index in [1.807, 2.05) is 13.8 Å². The molecule has 0 heterocycles. The molecule has 0 aromatic rings. The Kier molecular flexibility index (Phi) is 8.20. The van der Waals surface area contributed by atoms with Gasteiger partial charge in [-0.15, -0.1) is 0 Å². The van der Waals surface area contributed by atoms with Crippen LogP contribution < -0.4 is 5.32 Å². The maximum absolute atomic E-state index is 8.88. The van der Waals surface area contributed by atoms with E-state index in [-0.39, 0.29) is 5.41 Å². The highest BCUT2D eigenvalue weighted by atomic mass is 15.1. The zero-order chi connectivity index (χ0) is 13.3. The Labute approximate surface area is 107 Å². The molecule has 0 aliphatic rings. The molecule has 0 aromatic heterocycles. The lowest BCUT2D eigenvalue weighted by molar-refractivity contribution is 0.251. The molecule has 0 saturated carbocycles. The van der Waals surface area contributed by atoms with E-state index in [1.54, 1.807) is 0 Å². The molecule has 0 fully saturated rings. The van der Waals surface area contributed by atoms with Gasteiger partial charge in [-0.25, -0.2) is 0 Å². The van der Waals surface area contributed by atoms with Crippen LogP contribution in [-0.2, 0) is 0 Å². The number of hydrogen-bond acceptors (Lipinski definition) is 3. The van der Waals surface area contributed by atoms with Crippen molar-refractivity contribution in [1.29, 1.82) is 5.26 Å². The largest absolute Gasteiger partial charge is 0.315 e. The summed E-state index contributed by atoms with van der Waals surface area (Å²) in [4.78, 5) is 2.38. The molecule has 0 rings (SSSR count). The van der Waals surface area contributed by atoms with Crippen molar-refractivity contribution in [1.82, 2.24) is 10.2 Å². The van der Waals surface area contributed by atoms with Crippen molar-refractivity contribution in [3.05, 3.63) is 0 Å². The first-order valence-electron chi connectivity index (χ1n) is 6.75. The van der Waals surface area contributed by atoms with Crippen molar-refractivity contribution >= 4 is 0 Å². The molecule has 3 nitrogen and oxygen atoms in total. The minimum absolute atomic E-state index is 0.171. The average Bonchev–Trinajstić information content (AvgIpc) is 2.32. The Morgan fingerprint density at radius 1 is 1.35 bits per heavy atom. The number of likely N-dealkylation sites (N-methyl/N-ethyl adjacent to an activating group) is 1. The van der Waals surface area contributed by atoms with Gasteiger partial charge < -0.3 is 10.2 Å². The quantitative estimate of drug-likeness (QED) is 0.629. The van der Waals surface area contributed by atoms with Crippen molar-refractivity contribution < 1.29 is 0 Å². The van der Waals surface area contributed by atoms with E-state index in [0.29, 0.717) is 6.04 Å². The van der Waals surface area contributed by atoms with Crippen LogP contribution in [0.25, 0.3) is 0 Å². The Morgan fingerprint density at radius 3 is 2.53 bits per heavy atom. The van der Waals surface area contributed by atoms with E-state index in [0.717, 1.165) is 32.5 Å². The normalized spacial score (nSPS) is 13.7. The molecule has 3 heteroatoms. The second kappa shape index (κ2) is 8.49. The maximum atomic E-state index is 8.88. The van der Waals surface area contributed by atoms with Crippen LogP contribution in [-0.4, -0.2) is 37.6 Å². The van der Waals surface area contributed by atoms with Gasteiger partial charge >= 0.3 is 0 Å². The second-order valence-electron chi connectivity index (χ2n) is 5.59. The van der Waals surface area contributed by atoms with Gasteiger partial charge in [0, 0.05) is 19.1 Å². The number of nitriles is 1. The SMILES string of the molecule is CCC(C)N(C)CCNCCCC(C)(C)C#N. The van der Waals surface area contributed by atoms with Crippen LogP contribution in [0.15, 0.2) is 0 Å². The van der Waals surface area contributed by atoms with Crippen molar-refractivity contribution in [2.75, 3.05) is 26.7 Å². The van der Waals surface area contributed by atoms with Gasteiger partial charge in [0.05, 0.1) is 11.5 Å². The van der Waals surface area contributed by atoms with Crippen molar-refractivity contribution in [2.24, 2.45) is 5.41 Å². The standard InChI is InChI=1S/C14H29N3/c1-6-13(2)17(5)11-10-16-9-7-8-14(3,4)12-15/h13,16H,6-11H2,1-5H3. The number of hydrogen-bond donors (Lipinski definition) is 1. The molecule has 0 aromatic carbocycles. The topological polar surface area (TPSA) is 39.1 Å². The summed E-state index contributed by atoms with van der Waals surface area (Å²) >= 11 is 0. The Morgan fingerprint density at radius 2 is 2.00 bits per heavy atom. The van der Waals surface area contributed by atoms with Crippen LogP contribution in [0.5, 0.6) is 0 Å². The monoisotopic (exact) mass is 239 g/mol. The van der Waals surface area contributed by atoms with E-state index < -0.39 is 0 Å². The van der Waals surface area contributed by atoms with Gasteiger partial charge in [-0.1, -0.05) is 6.92 Å². The molecule has 0 radical (unpaired) electrons. The summed E-state index contributed by atoms with van der Waals surface area (Å²) in [5.41, 5.74) is -0.171. The minimum Gasteiger partial charge on any atom is -0.315 e. The van der Waals surface area contributed by atoms with Crippen LogP contribution in [0.3, 0.4) is 0 Å². The van der Waals surface area contributed by atoms with E-state index in [4.69, 9.17) is 5.26 Å². The molecule has 0 spiro atoms. The van der Waals surface area contributed by atoms with Gasteiger partial charge in [0.25, 0.3) is 0 Å². The third kappa shape index (κ3) is 8.18. The van der Waals surface area contributed by atoms with E-state index in [1.165, 1.54) is 6.42 Å². The number of nitrogens with one attached hydrogen (secondary N) is 1. The smallest absolute Gasteiger partial charge is 0.0683 e. The predicted octanol–water partition coefficient (Wildman–Crippen LogP) is 2.64. The van der Waals surface area contributed by atoms with Gasteiger partial charge in [-0.3, -0.25) is 0 Å². The molecule has 1 N–H and O–H groups in total. The third-order valence-corrected chi connectivity index (χ3v) is 3.44. The fraction of sp³-hybridized carbons (Fsp3) is 0.929. The fourth-order valence-corrected chi connectivity index (χ4v) is 1.62. The zero-order valence-electron chi connectivity index (χ0n) is 12.2. The van der Waals surface area contributed by atoms with Crippen LogP contribution in [0.2, 0.25) is 0 Å². The summed E-state index contributed by atoms with van der Waals surface area (Å²) < 4.78 is 0. The average molecular weight is 239 g/mol. The van der Waals surface area contributed by atoms with E-state index in [9.17, 15) is 0 Å². The minimum atomic E-state index is -0.171. The van der Waals surface area contributed by atoms with Crippen LogP contribution in [0.4, 0.5) is 0 Å². The molecular weight excluding hydrogens is 210 g/mol. The molecule has 100 valence electrons. The van der Waals surface area contributed by atoms with Gasteiger partial charge in [0.1, 0.15) is 0 Å². The highest BCUT2D eigenvalue weighted by Gasteiger charge is 2.15. The first-order chi connectivity index (χ1) is 7.93. The molecule has 0 bridgehead atoms. The van der Waals surface area contributed by atoms with Crippen LogP contribution in [0, 0.1) is 16.7 Å². The molecule has 0 amide bonds. The first-order valence-corrected chi connectivity index (χ1v) is 6.75. The van der Waals surface area contributed by atoms with E-state index >= 15 is 0 Å². The van der Waals surface area contributed by atoms with Crippen molar-refractivity contribution in [2.45, 2.75) is 53.0 Å². The molecule has 0 aliphatic carbocycles. The van der Waals surface area contributed by atoms with Crippen molar-refractivity contribution in [3.63, 3.8) is 0 Å². The first kappa shape index (κ1) is 16.4. The van der Waals surface area contributed by atoms with Gasteiger partial charge in [-0.05, 0) is 53.6 Å². The third-order valence-electron chi connectivity index (χ3n) is 3.44. The molecule has 1 atom stereocenters. The maximum Gasteiger partial charge on any atom is 0.0683 e. The molecule has 17 heavy (non-hydrogen) atoms. The summed E-state index contributed by atoms with van der Waals surface area (Å²) in [6.45, 7) is 11.6. The Bertz CT molecular complexity index is 230. The van der Waals surface area contributed by atoms with Gasteiger partial charge in [0.15, 0.2) is 0 Å². The summed E-state index contributed by atoms with van der Waals surface area (Å²) in [6, 6.07) is 3.00. The van der Waals surface area contributed by atoms with Gasteiger partial charge in [-0.2, -0.15) is 5.26 Å². The fourth-order valence-electron chi connectivity index (χ4n) is 1.62. The Hall–Kier alpha value is -0.590. The number of rotatable bonds is 9. The Balaban J connectivity index is 3.45. The molecule has 1 unspecified atom stereocenters. The predicted molar refractivity (Wildman–Crippen MR) is 73.9 cm³/mol. The van der Waals surface area contributed by atoms with Crippen LogP contribution >= 0.6 is 0 Å². The van der Waals surface area contributed by atoms with Crippen LogP contribution in [0.1, 0.15) is 47.0 Å². The second-order valence-corrected chi connectivity index (χ2v) is 5.59. The lowest BCUT2D eigenvalue weighted by Gasteiger charge is -2.23. The molecular formula is C14H29N3. The lowest BCUT2D eigenvalue weighted by Crippen LogP contribution is -2.35. The lowest BCUT2D eigenvalue weighted by atomic mass is 9.90. The molecule has 0 saturated heterocycles. The summed E-state index contributed by atoms with van der Waals surface area (Å²) in [5, 5.41) is 12.3. The number of nitrogens with zero attached hydrogens (tertiary/aromatic N) is 2. The summed E-state index contributed by atoms with van der Waals surface area (Å²) in [7, 11) is 2.18. The highest BCUT2D eigenvalue weighted by Crippen LogP contribution is 2.19. The summed E-state index contributed by atoms with van der Waals surface area (Å²) in [6.07, 6.45) is 3.25. The van der Waals surface area contributed by atoms with E-state index in [2.05, 4.69) is 37.2 Å². The van der Waals surface area contributed by atoms with Gasteiger partial charge in [0.2, 0.25) is 0 Å².